The molecule has 1 aliphatic heterocycles. The highest BCUT2D eigenvalue weighted by molar-refractivity contribution is 5.87. The van der Waals surface area contributed by atoms with Gasteiger partial charge in [0.05, 0.1) is 6.54 Å². The minimum Gasteiger partial charge on any atom is -0.350 e. The molecule has 0 aromatic rings. The van der Waals surface area contributed by atoms with Gasteiger partial charge in [0, 0.05) is 18.4 Å². The Kier molecular flexibility index (Phi) is 4.52. The van der Waals surface area contributed by atoms with E-state index in [0.29, 0.717) is 6.61 Å². The first-order chi connectivity index (χ1) is 11.6. The van der Waals surface area contributed by atoms with Crippen LogP contribution in [0.3, 0.4) is 0 Å². The summed E-state index contributed by atoms with van der Waals surface area (Å²) >= 11 is 0. The van der Waals surface area contributed by atoms with Crippen molar-refractivity contribution in [2.24, 2.45) is 23.2 Å². The van der Waals surface area contributed by atoms with E-state index in [9.17, 15) is 9.59 Å². The lowest BCUT2D eigenvalue weighted by Gasteiger charge is -2.55. The molecule has 1 heterocycles. The van der Waals surface area contributed by atoms with Gasteiger partial charge in [-0.25, -0.2) is 10.3 Å². The average Bonchev–Trinajstić information content (AvgIpc) is 2.57. The van der Waals surface area contributed by atoms with Crippen molar-refractivity contribution in [3.05, 3.63) is 0 Å². The van der Waals surface area contributed by atoms with Crippen LogP contribution in [-0.4, -0.2) is 31.3 Å². The Balaban J connectivity index is 1.24. The van der Waals surface area contributed by atoms with Crippen LogP contribution in [0.5, 0.6) is 0 Å². The molecule has 0 radical (unpaired) electrons. The highest BCUT2D eigenvalue weighted by Crippen LogP contribution is 2.60. The molecule has 1 atom stereocenters. The third kappa shape index (κ3) is 3.31. The fourth-order valence-electron chi connectivity index (χ4n) is 5.71. The summed E-state index contributed by atoms with van der Waals surface area (Å²) in [6.45, 7) is 0.649. The van der Waals surface area contributed by atoms with Gasteiger partial charge >= 0.3 is 0 Å². The molecule has 5 aliphatic rings. The quantitative estimate of drug-likeness (QED) is 0.752. The monoisotopic (exact) mass is 336 g/mol. The van der Waals surface area contributed by atoms with E-state index in [-0.39, 0.29) is 30.1 Å². The lowest BCUT2D eigenvalue weighted by atomic mass is 9.49. The van der Waals surface area contributed by atoms with Gasteiger partial charge in [0.1, 0.15) is 0 Å². The summed E-state index contributed by atoms with van der Waals surface area (Å²) in [5.41, 5.74) is 2.20. The largest absolute Gasteiger partial charge is 0.350 e. The van der Waals surface area contributed by atoms with Crippen molar-refractivity contribution in [2.45, 2.75) is 64.1 Å². The zero-order valence-corrected chi connectivity index (χ0v) is 14.2. The number of rotatable bonds is 5. The Bertz CT molecular complexity index is 466. The number of nitrogens with one attached hydrogen (secondary N) is 2. The van der Waals surface area contributed by atoms with Gasteiger partial charge in [0.2, 0.25) is 5.91 Å². The lowest BCUT2D eigenvalue weighted by Crippen LogP contribution is -2.54. The van der Waals surface area contributed by atoms with Gasteiger partial charge in [-0.1, -0.05) is 0 Å². The Labute approximate surface area is 143 Å². The van der Waals surface area contributed by atoms with Crippen molar-refractivity contribution in [1.82, 2.24) is 10.8 Å². The summed E-state index contributed by atoms with van der Waals surface area (Å²) in [7, 11) is 0. The number of hydroxylamine groups is 1. The smallest absolute Gasteiger partial charge is 0.263 e. The Morgan fingerprint density at radius 1 is 1.04 bits per heavy atom. The molecular weight excluding hydrogens is 308 g/mol. The van der Waals surface area contributed by atoms with Crippen molar-refractivity contribution < 1.29 is 19.2 Å². The van der Waals surface area contributed by atoms with Crippen LogP contribution >= 0.6 is 0 Å². The second-order valence-corrected chi connectivity index (χ2v) is 8.32. The van der Waals surface area contributed by atoms with Crippen molar-refractivity contribution >= 4 is 11.8 Å². The highest BCUT2D eigenvalue weighted by Gasteiger charge is 2.54. The Morgan fingerprint density at radius 2 is 1.71 bits per heavy atom. The summed E-state index contributed by atoms with van der Waals surface area (Å²) < 4.78 is 5.39. The summed E-state index contributed by atoms with van der Waals surface area (Å²) in [6, 6.07) is 0. The van der Waals surface area contributed by atoms with E-state index in [2.05, 4.69) is 10.8 Å². The summed E-state index contributed by atoms with van der Waals surface area (Å²) in [5, 5.41) is 2.86. The fraction of sp³-hybridized carbons (Fsp3) is 0.889. The van der Waals surface area contributed by atoms with E-state index in [1.165, 1.54) is 19.3 Å². The molecule has 5 rings (SSSR count). The molecule has 2 amide bonds. The zero-order valence-electron chi connectivity index (χ0n) is 14.2. The number of hydrogen-bond donors (Lipinski definition) is 2. The summed E-state index contributed by atoms with van der Waals surface area (Å²) in [5.74, 6) is 1.93. The zero-order chi connectivity index (χ0) is 16.6. The van der Waals surface area contributed by atoms with E-state index in [1.807, 2.05) is 0 Å². The van der Waals surface area contributed by atoms with Crippen LogP contribution in [0.4, 0.5) is 0 Å². The third-order valence-corrected chi connectivity index (χ3v) is 6.37. The predicted octanol–water partition coefficient (Wildman–Crippen LogP) is 1.89. The average molecular weight is 336 g/mol. The first kappa shape index (κ1) is 16.3. The molecule has 4 bridgehead atoms. The van der Waals surface area contributed by atoms with Crippen LogP contribution < -0.4 is 10.8 Å². The predicted molar refractivity (Wildman–Crippen MR) is 86.4 cm³/mol. The maximum Gasteiger partial charge on any atom is 0.263 e. The molecular formula is C18H28N2O4. The number of hydrogen-bond acceptors (Lipinski definition) is 4. The standard InChI is InChI=1S/C18H28N2O4/c21-15(20-24-16-3-1-2-4-23-16)11-19-17(22)18-8-12-5-13(9-18)7-14(6-12)10-18/h12-14,16H,1-11H2,(H,19,22)(H,20,21)/t12?,13?,14?,16-,18?/m0/s1. The van der Waals surface area contributed by atoms with E-state index in [4.69, 9.17) is 9.57 Å². The van der Waals surface area contributed by atoms with Crippen LogP contribution in [-0.2, 0) is 19.2 Å². The van der Waals surface area contributed by atoms with E-state index >= 15 is 0 Å². The first-order valence-electron chi connectivity index (χ1n) is 9.47. The van der Waals surface area contributed by atoms with Crippen molar-refractivity contribution in [3.63, 3.8) is 0 Å². The van der Waals surface area contributed by atoms with Crippen molar-refractivity contribution in [2.75, 3.05) is 13.2 Å². The van der Waals surface area contributed by atoms with Crippen LogP contribution in [0, 0.1) is 23.2 Å². The second kappa shape index (κ2) is 6.64. The van der Waals surface area contributed by atoms with Gasteiger partial charge in [-0.3, -0.25) is 9.59 Å². The molecule has 0 unspecified atom stereocenters. The number of ether oxygens (including phenoxy) is 1. The van der Waals surface area contributed by atoms with E-state index in [0.717, 1.165) is 56.3 Å². The fourth-order valence-corrected chi connectivity index (χ4v) is 5.71. The molecule has 1 saturated heterocycles. The number of carbonyl (C=O) groups excluding carboxylic acids is 2. The van der Waals surface area contributed by atoms with Crippen LogP contribution in [0.2, 0.25) is 0 Å². The van der Waals surface area contributed by atoms with Crippen molar-refractivity contribution in [1.29, 1.82) is 0 Å². The number of carbonyl (C=O) groups is 2. The normalized spacial score (nSPS) is 40.3. The molecule has 0 aromatic carbocycles. The maximum absolute atomic E-state index is 12.8. The van der Waals surface area contributed by atoms with Gasteiger partial charge in [-0.2, -0.15) is 0 Å². The molecule has 0 aromatic heterocycles. The third-order valence-electron chi connectivity index (χ3n) is 6.37. The molecule has 0 spiro atoms. The minimum atomic E-state index is -0.360. The number of amides is 2. The van der Waals surface area contributed by atoms with E-state index in [1.54, 1.807) is 0 Å². The molecule has 134 valence electrons. The van der Waals surface area contributed by atoms with Crippen LogP contribution in [0.25, 0.3) is 0 Å². The minimum absolute atomic E-state index is 0.0205. The van der Waals surface area contributed by atoms with E-state index < -0.39 is 0 Å². The van der Waals surface area contributed by atoms with Crippen LogP contribution in [0.15, 0.2) is 0 Å². The SMILES string of the molecule is O=C(CNC(=O)C12CC3CC(CC(C3)C1)C2)NO[C@H]1CCCCO1. The van der Waals surface area contributed by atoms with Gasteiger partial charge in [-0.05, 0) is 69.1 Å². The lowest BCUT2D eigenvalue weighted by molar-refractivity contribution is -0.200. The molecule has 5 fully saturated rings. The molecule has 2 N–H and O–H groups in total. The Morgan fingerprint density at radius 3 is 2.29 bits per heavy atom. The maximum atomic E-state index is 12.8. The molecule has 24 heavy (non-hydrogen) atoms. The molecule has 6 heteroatoms. The molecule has 6 nitrogen and oxygen atoms in total. The van der Waals surface area contributed by atoms with Gasteiger partial charge in [0.15, 0.2) is 6.29 Å². The summed E-state index contributed by atoms with van der Waals surface area (Å²) in [6.07, 6.45) is 9.48. The van der Waals surface area contributed by atoms with Gasteiger partial charge < -0.3 is 10.1 Å². The highest BCUT2D eigenvalue weighted by atomic mass is 16.8. The molecule has 4 saturated carbocycles. The molecule has 4 aliphatic carbocycles. The van der Waals surface area contributed by atoms with Crippen LogP contribution in [0.1, 0.15) is 57.8 Å². The first-order valence-corrected chi connectivity index (χ1v) is 9.47. The van der Waals surface area contributed by atoms with Gasteiger partial charge in [-0.15, -0.1) is 0 Å². The topological polar surface area (TPSA) is 76.7 Å². The van der Waals surface area contributed by atoms with Crippen molar-refractivity contribution in [3.8, 4) is 0 Å². The van der Waals surface area contributed by atoms with Gasteiger partial charge in [0.25, 0.3) is 5.91 Å². The second-order valence-electron chi connectivity index (χ2n) is 8.32. The Hall–Kier alpha value is -1.14. The summed E-state index contributed by atoms with van der Waals surface area (Å²) in [4.78, 5) is 29.9.